The fraction of sp³-hybridized carbons (Fsp3) is 0.581. The Kier molecular flexibility index (Phi) is 21.1. The summed E-state index contributed by atoms with van der Waals surface area (Å²) in [6.45, 7) is 13.6. The molecule has 4 fully saturated rings. The lowest BCUT2D eigenvalue weighted by molar-refractivity contribution is -0.200. The number of ketones is 2. The van der Waals surface area contributed by atoms with Crippen LogP contribution in [0.4, 0.5) is 11.4 Å². The molecule has 0 aromatic heterocycles. The molecule has 2 aromatic rings. The van der Waals surface area contributed by atoms with Gasteiger partial charge in [-0.2, -0.15) is 0 Å². The van der Waals surface area contributed by atoms with Gasteiger partial charge in [0.1, 0.15) is 24.4 Å². The van der Waals surface area contributed by atoms with Crippen molar-refractivity contribution in [1.29, 1.82) is 0 Å². The molecule has 450 valence electrons. The highest BCUT2D eigenvalue weighted by molar-refractivity contribution is 6.28. The monoisotopic (exact) mass is 1150 g/mol. The first-order chi connectivity index (χ1) is 39.8. The maximum absolute atomic E-state index is 14.7. The summed E-state index contributed by atoms with van der Waals surface area (Å²) in [5.74, 6) is -2.56. The smallest absolute Gasteiger partial charge is 0.258 e. The maximum Gasteiger partial charge on any atom is 0.258 e. The number of Topliss-reactive ketones (excluding diaryl/α,β-unsaturated/α-hetero) is 1. The van der Waals surface area contributed by atoms with Crippen molar-refractivity contribution in [1.82, 2.24) is 16.0 Å². The van der Waals surface area contributed by atoms with E-state index in [4.69, 9.17) is 33.2 Å². The molecule has 6 amide bonds. The molecule has 21 heteroatoms. The minimum Gasteiger partial charge on any atom is -0.486 e. The first-order valence-electron chi connectivity index (χ1n) is 29.1. The Morgan fingerprint density at radius 2 is 1.45 bits per heavy atom. The van der Waals surface area contributed by atoms with Gasteiger partial charge < -0.3 is 59.5 Å². The second-order valence-corrected chi connectivity index (χ2v) is 23.1. The molecule has 0 spiro atoms. The van der Waals surface area contributed by atoms with Crippen molar-refractivity contribution in [2.24, 2.45) is 34.5 Å². The number of nitrogens with zero attached hydrogens (tertiary/aromatic N) is 1. The third-order valence-electron chi connectivity index (χ3n) is 17.3. The van der Waals surface area contributed by atoms with Crippen molar-refractivity contribution in [2.75, 3.05) is 76.2 Å². The van der Waals surface area contributed by atoms with Gasteiger partial charge in [-0.1, -0.05) is 64.8 Å². The lowest BCUT2D eigenvalue weighted by atomic mass is 9.46. The molecule has 2 heterocycles. The highest BCUT2D eigenvalue weighted by Crippen LogP contribution is 2.69. The number of ether oxygens (including phenoxy) is 7. The fourth-order valence-corrected chi connectivity index (χ4v) is 13.2. The van der Waals surface area contributed by atoms with Crippen molar-refractivity contribution >= 4 is 58.4 Å². The second-order valence-electron chi connectivity index (χ2n) is 23.1. The van der Waals surface area contributed by atoms with Crippen LogP contribution in [0.3, 0.4) is 0 Å². The summed E-state index contributed by atoms with van der Waals surface area (Å²) < 4.78 is 41.6. The van der Waals surface area contributed by atoms with Crippen LogP contribution in [0.5, 0.6) is 5.75 Å². The molecular weight excluding hydrogens is 1070 g/mol. The average molecular weight is 1150 g/mol. The summed E-state index contributed by atoms with van der Waals surface area (Å²) >= 11 is 0. The van der Waals surface area contributed by atoms with Gasteiger partial charge in [0.05, 0.1) is 77.2 Å². The lowest BCUT2D eigenvalue weighted by Gasteiger charge is -2.59. The molecule has 4 aliphatic carbocycles. The van der Waals surface area contributed by atoms with E-state index in [0.29, 0.717) is 76.0 Å². The highest BCUT2D eigenvalue weighted by atomic mass is 16.7. The van der Waals surface area contributed by atoms with Crippen LogP contribution in [0.2, 0.25) is 0 Å². The molecule has 5 N–H and O–H groups in total. The Hall–Kier alpha value is -6.46. The number of amides is 6. The van der Waals surface area contributed by atoms with Gasteiger partial charge in [-0.25, -0.2) is 4.90 Å². The van der Waals surface area contributed by atoms with Crippen LogP contribution in [0.25, 0.3) is 0 Å². The molecule has 21 nitrogen and oxygen atoms in total. The topological polar surface area (TPSA) is 273 Å². The standard InChI is InChI=1S/C62H81N5O16/c1-7-8-55-82-50-35-47-46-18-11-41-34-44(68)21-23-60(41,5)56(46)48(69)36-61(47,6)62(50,83-55)49(70)37-81-45-16-12-42(13-17-45)65-58(75)39(4)64-59(76)57(38(2)3)66-51(71)22-25-77-27-29-79-31-32-80-30-28-78-26-24-63-52(72)33-40-9-14-43(15-10-40)67-53(73)19-20-54(67)74/h9-10,12-17,19-21,23,34,38-39,46-48,50,55-57,69H,7-8,11,18,22,24-33,35-37H2,1-6H3,(H,63,72)(H,64,76)(H,65,75)(H,66,71)/t39-,46-,47-,48-,50+,55?,56+,57-,60-,61-,62+/m0/s1. The number of carbonyl (C=O) groups is 8. The van der Waals surface area contributed by atoms with E-state index >= 15 is 0 Å². The number of anilines is 2. The first kappa shape index (κ1) is 62.6. The van der Waals surface area contributed by atoms with Crippen LogP contribution in [-0.2, 0) is 73.2 Å². The number of rotatable bonds is 30. The van der Waals surface area contributed by atoms with Gasteiger partial charge in [0.15, 0.2) is 17.7 Å². The average Bonchev–Trinajstić information content (AvgIpc) is 1.62. The van der Waals surface area contributed by atoms with Crippen molar-refractivity contribution in [3.63, 3.8) is 0 Å². The Morgan fingerprint density at radius 3 is 2.10 bits per heavy atom. The van der Waals surface area contributed by atoms with E-state index in [1.165, 1.54) is 12.2 Å². The summed E-state index contributed by atoms with van der Waals surface area (Å²) in [5, 5.41) is 23.1. The predicted molar refractivity (Wildman–Crippen MR) is 303 cm³/mol. The Bertz CT molecular complexity index is 2770. The minimum atomic E-state index is -1.33. The fourth-order valence-electron chi connectivity index (χ4n) is 13.2. The molecule has 2 aliphatic heterocycles. The number of fused-ring (bicyclic) bond motifs is 7. The summed E-state index contributed by atoms with van der Waals surface area (Å²) in [7, 11) is 0. The van der Waals surface area contributed by atoms with Gasteiger partial charge >= 0.3 is 0 Å². The van der Waals surface area contributed by atoms with E-state index in [-0.39, 0.29) is 80.4 Å². The van der Waals surface area contributed by atoms with Crippen molar-refractivity contribution in [2.45, 2.75) is 129 Å². The first-order valence-corrected chi connectivity index (χ1v) is 29.1. The van der Waals surface area contributed by atoms with E-state index in [0.717, 1.165) is 35.3 Å². The van der Waals surface area contributed by atoms with E-state index in [1.54, 1.807) is 81.5 Å². The molecule has 0 radical (unpaired) electrons. The van der Waals surface area contributed by atoms with E-state index < -0.39 is 76.5 Å². The van der Waals surface area contributed by atoms with Crippen LogP contribution in [0, 0.1) is 34.5 Å². The molecule has 3 saturated carbocycles. The molecule has 2 aromatic carbocycles. The number of hydrogen-bond donors (Lipinski definition) is 5. The lowest BCUT2D eigenvalue weighted by Crippen LogP contribution is -2.63. The number of carbonyl (C=O) groups excluding carboxylic acids is 8. The van der Waals surface area contributed by atoms with Gasteiger partial charge in [0.2, 0.25) is 29.4 Å². The number of nitrogens with one attached hydrogen (secondary N) is 4. The number of imide groups is 1. The summed E-state index contributed by atoms with van der Waals surface area (Å²) in [5.41, 5.74) is 0.143. The normalized spacial score (nSPS) is 27.5. The van der Waals surface area contributed by atoms with Gasteiger partial charge in [-0.3, -0.25) is 38.4 Å². The zero-order chi connectivity index (χ0) is 59.5. The van der Waals surface area contributed by atoms with Crippen LogP contribution in [0.15, 0.2) is 84.5 Å². The Balaban J connectivity index is 0.678. The SMILES string of the molecule is CCCC1O[C@@H]2C[C@H]3[C@@H]4CCC5=CC(=O)C=C[C@]5(C)[C@H]4[C@@H](O)C[C@]3(C)[C@]2(C(=O)COc2ccc(NC(=O)[C@H](C)NC(=O)[C@@H](NC(=O)CCOCCOCCOCCOCCNC(=O)Cc3ccc(N4C(=O)C=CC4=O)cc3)C(C)C)cc2)O1. The van der Waals surface area contributed by atoms with Crippen molar-refractivity contribution in [3.05, 3.63) is 90.0 Å². The zero-order valence-corrected chi connectivity index (χ0v) is 48.4. The quantitative estimate of drug-likeness (QED) is 0.0527. The van der Waals surface area contributed by atoms with Crippen molar-refractivity contribution in [3.8, 4) is 5.75 Å². The number of allylic oxidation sites excluding steroid dienone is 4. The molecule has 8 rings (SSSR count). The molecule has 1 unspecified atom stereocenters. The largest absolute Gasteiger partial charge is 0.486 e. The molecule has 83 heavy (non-hydrogen) atoms. The molecule has 1 saturated heterocycles. The van der Waals surface area contributed by atoms with E-state index in [1.807, 2.05) is 13.0 Å². The molecule has 11 atom stereocenters. The van der Waals surface area contributed by atoms with E-state index in [9.17, 15) is 43.5 Å². The van der Waals surface area contributed by atoms with Gasteiger partial charge in [0.25, 0.3) is 11.8 Å². The number of aliphatic hydroxyl groups is 1. The van der Waals surface area contributed by atoms with Crippen LogP contribution in [-0.4, -0.2) is 154 Å². The van der Waals surface area contributed by atoms with Crippen LogP contribution in [0.1, 0.15) is 92.1 Å². The minimum absolute atomic E-state index is 0.00216. The second kappa shape index (κ2) is 28.0. The molecule has 6 aliphatic rings. The van der Waals surface area contributed by atoms with Crippen molar-refractivity contribution < 1.29 is 76.6 Å². The van der Waals surface area contributed by atoms with Crippen LogP contribution >= 0.6 is 0 Å². The third kappa shape index (κ3) is 14.4. The number of hydrogen-bond acceptors (Lipinski definition) is 16. The van der Waals surface area contributed by atoms with E-state index in [2.05, 4.69) is 35.1 Å². The summed E-state index contributed by atoms with van der Waals surface area (Å²) in [6, 6.07) is 11.3. The highest BCUT2D eigenvalue weighted by Gasteiger charge is 2.76. The summed E-state index contributed by atoms with van der Waals surface area (Å²) in [4.78, 5) is 104. The van der Waals surface area contributed by atoms with Gasteiger partial charge in [-0.05, 0) is 111 Å². The number of aliphatic hydroxyl groups excluding tert-OH is 1. The van der Waals surface area contributed by atoms with Gasteiger partial charge in [0, 0.05) is 47.6 Å². The Labute approximate surface area is 484 Å². The maximum atomic E-state index is 14.7. The third-order valence-corrected chi connectivity index (χ3v) is 17.3. The number of benzene rings is 2. The van der Waals surface area contributed by atoms with Gasteiger partial charge in [-0.15, -0.1) is 0 Å². The Morgan fingerprint density at radius 1 is 0.795 bits per heavy atom. The van der Waals surface area contributed by atoms with Crippen LogP contribution < -0.4 is 30.9 Å². The molecular formula is C62H81N5O16. The zero-order valence-electron chi connectivity index (χ0n) is 48.4. The molecule has 0 bridgehead atoms. The summed E-state index contributed by atoms with van der Waals surface area (Å²) in [6.07, 6.45) is 10.0. The predicted octanol–water partition coefficient (Wildman–Crippen LogP) is 4.63.